The fourth-order valence-corrected chi connectivity index (χ4v) is 0.857. The summed E-state index contributed by atoms with van der Waals surface area (Å²) < 4.78 is 0. The lowest BCUT2D eigenvalue weighted by Crippen LogP contribution is -2.40. The summed E-state index contributed by atoms with van der Waals surface area (Å²) >= 11 is 0. The van der Waals surface area contributed by atoms with E-state index in [1.807, 2.05) is 6.92 Å². The van der Waals surface area contributed by atoms with Gasteiger partial charge in [0.2, 0.25) is 5.91 Å². The largest absolute Gasteiger partial charge is 0.355 e. The van der Waals surface area contributed by atoms with Crippen LogP contribution in [0.2, 0.25) is 0 Å². The quantitative estimate of drug-likeness (QED) is 0.590. The van der Waals surface area contributed by atoms with E-state index in [1.165, 1.54) is 0 Å². The average molecular weight is 183 g/mol. The second-order valence-corrected chi connectivity index (χ2v) is 2.92. The Hall–Kier alpha value is -1.08. The van der Waals surface area contributed by atoms with Crippen LogP contribution in [0.1, 0.15) is 32.6 Å². The van der Waals surface area contributed by atoms with Crippen molar-refractivity contribution in [1.29, 1.82) is 5.26 Å². The van der Waals surface area contributed by atoms with Gasteiger partial charge in [0.25, 0.3) is 0 Å². The lowest BCUT2D eigenvalue weighted by Gasteiger charge is -2.08. The van der Waals surface area contributed by atoms with Crippen LogP contribution in [-0.4, -0.2) is 18.5 Å². The number of nitrogens with one attached hydrogen (secondary N) is 1. The highest BCUT2D eigenvalue weighted by Gasteiger charge is 2.08. The molecule has 1 amide bonds. The molecule has 0 aromatic rings. The Bertz CT molecular complexity index is 186. The molecule has 0 aliphatic carbocycles. The smallest absolute Gasteiger partial charge is 0.236 e. The van der Waals surface area contributed by atoms with Crippen LogP contribution in [-0.2, 0) is 4.79 Å². The molecule has 4 nitrogen and oxygen atoms in total. The molecule has 0 unspecified atom stereocenters. The normalized spacial score (nSPS) is 11.8. The fraction of sp³-hybridized carbons (Fsp3) is 0.778. The summed E-state index contributed by atoms with van der Waals surface area (Å²) in [6, 6.07) is 1.66. The molecule has 3 N–H and O–H groups in total. The summed E-state index contributed by atoms with van der Waals surface area (Å²) in [5, 5.41) is 11.0. The monoisotopic (exact) mass is 183 g/mol. The summed E-state index contributed by atoms with van der Waals surface area (Å²) in [5.41, 5.74) is 5.49. The molecule has 0 aromatic heterocycles. The molecule has 0 saturated heterocycles. The third kappa shape index (κ3) is 6.12. The molecule has 0 aliphatic heterocycles. The third-order valence-corrected chi connectivity index (χ3v) is 1.79. The number of carbonyl (C=O) groups excluding carboxylic acids is 1. The number of hydrogen-bond acceptors (Lipinski definition) is 3. The van der Waals surface area contributed by atoms with Crippen molar-refractivity contribution in [3.63, 3.8) is 0 Å². The van der Waals surface area contributed by atoms with Crippen molar-refractivity contribution in [2.45, 2.75) is 38.6 Å². The van der Waals surface area contributed by atoms with Crippen LogP contribution in [0, 0.1) is 11.3 Å². The molecule has 0 radical (unpaired) electrons. The highest BCUT2D eigenvalue weighted by atomic mass is 16.2. The molecule has 0 rings (SSSR count). The SMILES string of the molecule is CC[C@@H](N)C(=O)NCCCCC#N. The van der Waals surface area contributed by atoms with Crippen molar-refractivity contribution in [2.24, 2.45) is 5.73 Å². The van der Waals surface area contributed by atoms with E-state index in [9.17, 15) is 4.79 Å². The first-order chi connectivity index (χ1) is 6.22. The van der Waals surface area contributed by atoms with Crippen LogP contribution >= 0.6 is 0 Å². The van der Waals surface area contributed by atoms with Gasteiger partial charge in [0.05, 0.1) is 12.1 Å². The van der Waals surface area contributed by atoms with Gasteiger partial charge in [-0.1, -0.05) is 6.92 Å². The average Bonchev–Trinajstić information content (AvgIpc) is 2.16. The van der Waals surface area contributed by atoms with Crippen molar-refractivity contribution in [3.8, 4) is 6.07 Å². The number of amides is 1. The van der Waals surface area contributed by atoms with E-state index in [-0.39, 0.29) is 5.91 Å². The molecular weight excluding hydrogens is 166 g/mol. The molecular formula is C9H17N3O. The first kappa shape index (κ1) is 11.9. The molecule has 0 aliphatic rings. The van der Waals surface area contributed by atoms with Gasteiger partial charge in [0, 0.05) is 13.0 Å². The van der Waals surface area contributed by atoms with Crippen LogP contribution in [0.3, 0.4) is 0 Å². The first-order valence-electron chi connectivity index (χ1n) is 4.62. The summed E-state index contributed by atoms with van der Waals surface area (Å²) in [6.45, 7) is 2.49. The van der Waals surface area contributed by atoms with Gasteiger partial charge in [0.1, 0.15) is 0 Å². The summed E-state index contributed by atoms with van der Waals surface area (Å²) in [7, 11) is 0. The van der Waals surface area contributed by atoms with E-state index >= 15 is 0 Å². The molecule has 13 heavy (non-hydrogen) atoms. The minimum atomic E-state index is -0.393. The zero-order valence-electron chi connectivity index (χ0n) is 8.05. The number of carbonyl (C=O) groups is 1. The number of unbranched alkanes of at least 4 members (excludes halogenated alkanes) is 2. The Labute approximate surface area is 79.1 Å². The van der Waals surface area contributed by atoms with Crippen LogP contribution in [0.25, 0.3) is 0 Å². The van der Waals surface area contributed by atoms with Crippen molar-refractivity contribution in [1.82, 2.24) is 5.32 Å². The van der Waals surface area contributed by atoms with E-state index in [1.54, 1.807) is 0 Å². The first-order valence-corrected chi connectivity index (χ1v) is 4.62. The minimum absolute atomic E-state index is 0.0977. The van der Waals surface area contributed by atoms with Gasteiger partial charge >= 0.3 is 0 Å². The van der Waals surface area contributed by atoms with Crippen molar-refractivity contribution in [2.75, 3.05) is 6.54 Å². The molecule has 0 saturated carbocycles. The fourth-order valence-electron chi connectivity index (χ4n) is 0.857. The van der Waals surface area contributed by atoms with Crippen LogP contribution < -0.4 is 11.1 Å². The molecule has 4 heteroatoms. The van der Waals surface area contributed by atoms with Gasteiger partial charge in [0.15, 0.2) is 0 Å². The zero-order valence-corrected chi connectivity index (χ0v) is 8.05. The van der Waals surface area contributed by atoms with E-state index < -0.39 is 6.04 Å². The highest BCUT2D eigenvalue weighted by Crippen LogP contribution is 1.92. The van der Waals surface area contributed by atoms with Gasteiger partial charge < -0.3 is 11.1 Å². The lowest BCUT2D eigenvalue weighted by atomic mass is 10.2. The van der Waals surface area contributed by atoms with Crippen LogP contribution in [0.5, 0.6) is 0 Å². The molecule has 0 spiro atoms. The summed E-state index contributed by atoms with van der Waals surface area (Å²) in [4.78, 5) is 11.1. The number of hydrogen-bond donors (Lipinski definition) is 2. The molecule has 0 aromatic carbocycles. The number of rotatable bonds is 6. The number of nitrogens with zero attached hydrogens (tertiary/aromatic N) is 1. The van der Waals surface area contributed by atoms with Gasteiger partial charge in [-0.15, -0.1) is 0 Å². The predicted octanol–water partition coefficient (Wildman–Crippen LogP) is 0.534. The topological polar surface area (TPSA) is 78.9 Å². The van der Waals surface area contributed by atoms with E-state index in [0.29, 0.717) is 19.4 Å². The maximum atomic E-state index is 11.1. The molecule has 0 bridgehead atoms. The molecule has 0 fully saturated rings. The Morgan fingerprint density at radius 3 is 2.85 bits per heavy atom. The van der Waals surface area contributed by atoms with Crippen molar-refractivity contribution < 1.29 is 4.79 Å². The van der Waals surface area contributed by atoms with E-state index in [4.69, 9.17) is 11.0 Å². The zero-order chi connectivity index (χ0) is 10.1. The van der Waals surface area contributed by atoms with E-state index in [2.05, 4.69) is 11.4 Å². The molecule has 1 atom stereocenters. The lowest BCUT2D eigenvalue weighted by molar-refractivity contribution is -0.122. The third-order valence-electron chi connectivity index (χ3n) is 1.79. The van der Waals surface area contributed by atoms with E-state index in [0.717, 1.165) is 12.8 Å². The maximum Gasteiger partial charge on any atom is 0.236 e. The van der Waals surface area contributed by atoms with Crippen LogP contribution in [0.15, 0.2) is 0 Å². The summed E-state index contributed by atoms with van der Waals surface area (Å²) in [5.74, 6) is -0.0977. The van der Waals surface area contributed by atoms with Crippen molar-refractivity contribution >= 4 is 5.91 Å². The van der Waals surface area contributed by atoms with Gasteiger partial charge in [-0.3, -0.25) is 4.79 Å². The number of nitriles is 1. The Morgan fingerprint density at radius 2 is 2.31 bits per heavy atom. The highest BCUT2D eigenvalue weighted by molar-refractivity contribution is 5.81. The Morgan fingerprint density at radius 1 is 1.62 bits per heavy atom. The Kier molecular flexibility index (Phi) is 6.93. The number of nitrogens with two attached hydrogens (primary N) is 1. The Balaban J connectivity index is 3.33. The molecule has 0 heterocycles. The maximum absolute atomic E-state index is 11.1. The predicted molar refractivity (Wildman–Crippen MR) is 50.7 cm³/mol. The minimum Gasteiger partial charge on any atom is -0.355 e. The van der Waals surface area contributed by atoms with Crippen LogP contribution in [0.4, 0.5) is 0 Å². The van der Waals surface area contributed by atoms with Gasteiger partial charge in [-0.2, -0.15) is 5.26 Å². The summed E-state index contributed by atoms with van der Waals surface area (Å²) in [6.07, 6.45) is 2.88. The van der Waals surface area contributed by atoms with Gasteiger partial charge in [-0.05, 0) is 19.3 Å². The second-order valence-electron chi connectivity index (χ2n) is 2.92. The molecule has 74 valence electrons. The standard InChI is InChI=1S/C9H17N3O/c1-2-8(11)9(13)12-7-5-3-4-6-10/h8H,2-5,7,11H2,1H3,(H,12,13)/t8-/m1/s1. The van der Waals surface area contributed by atoms with Crippen molar-refractivity contribution in [3.05, 3.63) is 0 Å². The second kappa shape index (κ2) is 7.56. The van der Waals surface area contributed by atoms with Gasteiger partial charge in [-0.25, -0.2) is 0 Å².